The van der Waals surface area contributed by atoms with Crippen molar-refractivity contribution in [3.05, 3.63) is 219 Å². The lowest BCUT2D eigenvalue weighted by Gasteiger charge is -2.40. The highest BCUT2D eigenvalue weighted by atomic mass is 28.3. The molecule has 0 atom stereocenters. The number of nitrogens with one attached hydrogen (secondary N) is 1. The van der Waals surface area contributed by atoms with Gasteiger partial charge >= 0.3 is 5.97 Å². The van der Waals surface area contributed by atoms with Crippen LogP contribution in [0.1, 0.15) is 114 Å². The maximum atomic E-state index is 13.5. The minimum atomic E-state index is -2.27. The lowest BCUT2D eigenvalue weighted by Crippen LogP contribution is -2.50. The number of hydrogen-bond donors (Lipinski definition) is 1. The topological polar surface area (TPSA) is 290 Å². The van der Waals surface area contributed by atoms with E-state index in [0.717, 1.165) is 123 Å². The monoisotopic (exact) mass is 1380 g/mol. The number of rotatable bonds is 21. The van der Waals surface area contributed by atoms with E-state index in [1.54, 1.807) is 6.07 Å². The zero-order valence-electron chi connectivity index (χ0n) is 56.2. The zero-order chi connectivity index (χ0) is 70.3. The number of non-ortho nitro benzene ring substituents is 1. The average molecular weight is 1390 g/mol. The van der Waals surface area contributed by atoms with E-state index in [1.807, 2.05) is 0 Å². The molecule has 1 N–H and O–H groups in total. The molecule has 100 heavy (non-hydrogen) atoms. The van der Waals surface area contributed by atoms with E-state index in [4.69, 9.17) is 14.3 Å². The number of carboxylic acid groups (broad SMARTS) is 2. The van der Waals surface area contributed by atoms with Crippen molar-refractivity contribution in [2.45, 2.75) is 77.6 Å². The largest absolute Gasteiger partial charge is 0.545 e. The number of aryl methyl sites for hydroxylation is 1. The Kier molecular flexibility index (Phi) is 19.2. The van der Waals surface area contributed by atoms with Crippen LogP contribution in [0.15, 0.2) is 149 Å². The number of hydroxylamine groups is 2. The summed E-state index contributed by atoms with van der Waals surface area (Å²) in [5.41, 5.74) is 10.9. The molecule has 23 nitrogen and oxygen atoms in total. The minimum Gasteiger partial charge on any atom is -0.545 e. The molecule has 14 rings (SSSR count). The number of nitro benzene ring substituents is 2. The van der Waals surface area contributed by atoms with E-state index >= 15 is 0 Å². The fraction of sp³-hybridized carbons (Fsp3) is 0.333. The smallest absolute Gasteiger partial charge is 0.363 e. The Hall–Kier alpha value is -10.3. The Morgan fingerprint density at radius 3 is 1.52 bits per heavy atom. The Morgan fingerprint density at radius 2 is 1.06 bits per heavy atom. The highest BCUT2D eigenvalue weighted by Crippen LogP contribution is 2.46. The molecule has 5 fully saturated rings. The Balaban J connectivity index is 0.000000186. The number of amides is 3. The van der Waals surface area contributed by atoms with E-state index in [1.165, 1.54) is 74.6 Å². The van der Waals surface area contributed by atoms with Gasteiger partial charge in [0.05, 0.1) is 66.1 Å². The molecule has 5 aromatic rings. The second-order valence-electron chi connectivity index (χ2n) is 27.2. The molecule has 0 aromatic heterocycles. The molecule has 0 spiro atoms. The van der Waals surface area contributed by atoms with E-state index in [0.29, 0.717) is 52.3 Å². The molecule has 0 saturated carbocycles. The van der Waals surface area contributed by atoms with Gasteiger partial charge in [-0.15, -0.1) is 5.06 Å². The zero-order valence-corrected chi connectivity index (χ0v) is 58.2. The first-order valence-electron chi connectivity index (χ1n) is 34.1. The van der Waals surface area contributed by atoms with E-state index in [2.05, 4.69) is 123 Å². The van der Waals surface area contributed by atoms with Crippen LogP contribution in [0.5, 0.6) is 0 Å². The van der Waals surface area contributed by atoms with Crippen molar-refractivity contribution in [2.24, 2.45) is 0 Å². The molecule has 514 valence electrons. The van der Waals surface area contributed by atoms with Crippen LogP contribution in [0.4, 0.5) is 22.7 Å². The number of imide groups is 1. The molecule has 0 bridgehead atoms. The number of nitro groups is 2. The first-order valence-corrected chi connectivity index (χ1v) is 40.1. The lowest BCUT2D eigenvalue weighted by atomic mass is 9.86. The highest BCUT2D eigenvalue weighted by molar-refractivity contribution is 6.98. The number of aromatic carboxylic acids is 2. The maximum Gasteiger partial charge on any atom is 0.363 e. The summed E-state index contributed by atoms with van der Waals surface area (Å²) in [4.78, 5) is 107. The molecule has 9 aliphatic rings. The number of anilines is 2. The number of ether oxygens (including phenoxy) is 2. The molecule has 3 amide bonds. The van der Waals surface area contributed by atoms with Crippen molar-refractivity contribution < 1.29 is 72.3 Å². The van der Waals surface area contributed by atoms with Crippen molar-refractivity contribution >= 4 is 107 Å². The van der Waals surface area contributed by atoms with Gasteiger partial charge < -0.3 is 49.2 Å². The molecule has 5 saturated heterocycles. The molecule has 25 heteroatoms. The molecule has 2 aliphatic carbocycles. The molecular weight excluding hydrogens is 1310 g/mol. The van der Waals surface area contributed by atoms with Gasteiger partial charge in [-0.1, -0.05) is 50.5 Å². The van der Waals surface area contributed by atoms with Gasteiger partial charge in [-0.25, -0.2) is 13.9 Å². The number of nitrogens with zero attached hydrogens (tertiary/aromatic N) is 7. The van der Waals surface area contributed by atoms with Gasteiger partial charge in [-0.2, -0.15) is 0 Å². The normalized spacial score (nSPS) is 18.2. The summed E-state index contributed by atoms with van der Waals surface area (Å²) in [7, 11) is -4.53. The van der Waals surface area contributed by atoms with E-state index < -0.39 is 55.7 Å². The fourth-order valence-corrected chi connectivity index (χ4v) is 20.4. The van der Waals surface area contributed by atoms with Crippen LogP contribution in [-0.2, 0) is 30.3 Å². The fourth-order valence-electron chi connectivity index (χ4n) is 14.3. The van der Waals surface area contributed by atoms with Crippen LogP contribution < -0.4 is 35.7 Å². The average Bonchev–Trinajstić information content (AvgIpc) is 0.757. The Bertz CT molecular complexity index is 4600. The summed E-state index contributed by atoms with van der Waals surface area (Å²) in [6.07, 6.45) is 18.4. The predicted octanol–water partition coefficient (Wildman–Crippen LogP) is 6.20. The van der Waals surface area contributed by atoms with Crippen LogP contribution >= 0.6 is 0 Å². The van der Waals surface area contributed by atoms with Crippen LogP contribution in [0.3, 0.4) is 0 Å². The van der Waals surface area contributed by atoms with E-state index in [9.17, 15) is 59.2 Å². The summed E-state index contributed by atoms with van der Waals surface area (Å²) in [6, 6.07) is 25.4. The summed E-state index contributed by atoms with van der Waals surface area (Å²) in [5.74, 6) is -5.13. The van der Waals surface area contributed by atoms with Gasteiger partial charge in [0, 0.05) is 116 Å². The summed E-state index contributed by atoms with van der Waals surface area (Å²) >= 11 is 0. The summed E-state index contributed by atoms with van der Waals surface area (Å²) in [6.45, 7) is 18.7. The van der Waals surface area contributed by atoms with Crippen LogP contribution in [0, 0.1) is 20.2 Å². The van der Waals surface area contributed by atoms with Crippen molar-refractivity contribution in [1.82, 2.24) is 10.4 Å². The second-order valence-corrected chi connectivity index (χ2v) is 35.9. The molecule has 5 aromatic carbocycles. The summed E-state index contributed by atoms with van der Waals surface area (Å²) < 4.78 is 15.9. The molecule has 7 aliphatic heterocycles. The van der Waals surface area contributed by atoms with Gasteiger partial charge in [0.25, 0.3) is 29.1 Å². The van der Waals surface area contributed by atoms with Crippen LogP contribution in [0.2, 0.25) is 26.2 Å². The molecule has 0 unspecified atom stereocenters. The standard InChI is InChI=1S/C42H45N5O9Si.C33H31N3O6Si/c1-57(2)38-26-30(44-16-4-17-44)10-13-34(38)40(35-14-11-31(27-39(35)57)45-18-5-19-45)36-24-29(8-12-33(36)42(49)50)41(48)43-15-21-56-23-22-55-20-3-6-28-7-9-32(46(51)52)25-37(28)47(53)54;1-43(2)27-18-21(34-13-3-14-34)6-9-24(27)31(25-10-7-22(19-28(25)43)35-15-4-16-35)26-17-20(5-8-23(26)32(39)40)33(41)42-36-29(37)11-12-30(36)38/h7-14,24-27H,3-6,15-23H2,1-2H3,(H-,43,48,49,50);5-10,17-19H,3-4,11-16H2,1-2H3. The van der Waals surface area contributed by atoms with Crippen LogP contribution in [0.25, 0.3) is 11.1 Å². The van der Waals surface area contributed by atoms with Crippen molar-refractivity contribution in [3.63, 3.8) is 0 Å². The predicted molar refractivity (Wildman–Crippen MR) is 377 cm³/mol. The van der Waals surface area contributed by atoms with Crippen molar-refractivity contribution in [3.8, 4) is 0 Å². The first-order chi connectivity index (χ1) is 48.1. The van der Waals surface area contributed by atoms with Gasteiger partial charge in [-0.3, -0.25) is 34.6 Å². The lowest BCUT2D eigenvalue weighted by molar-refractivity contribution is -0.582. The third-order valence-electron chi connectivity index (χ3n) is 20.5. The van der Waals surface area contributed by atoms with Crippen molar-refractivity contribution in [1.29, 1.82) is 0 Å². The third-order valence-corrected chi connectivity index (χ3v) is 27.5. The van der Waals surface area contributed by atoms with Gasteiger partial charge in [0.1, 0.15) is 42.3 Å². The summed E-state index contributed by atoms with van der Waals surface area (Å²) in [5, 5.41) is 55.7. The maximum absolute atomic E-state index is 13.5. The van der Waals surface area contributed by atoms with Gasteiger partial charge in [0.15, 0.2) is 11.4 Å². The van der Waals surface area contributed by atoms with Gasteiger partial charge in [0.2, 0.25) is 0 Å². The van der Waals surface area contributed by atoms with Gasteiger partial charge in [-0.05, 0) is 158 Å². The number of allylic oxidation sites excluding steroid dienone is 10. The Morgan fingerprint density at radius 1 is 0.560 bits per heavy atom. The third kappa shape index (κ3) is 13.3. The highest BCUT2D eigenvalue weighted by Gasteiger charge is 2.44. The second kappa shape index (κ2) is 28.1. The van der Waals surface area contributed by atoms with Crippen LogP contribution in [-0.4, -0.2) is 173 Å². The number of carbonyl (C=O) groups is 6. The number of carbonyl (C=O) groups excluding carboxylic acids is 6. The Labute approximate surface area is 579 Å². The number of carboxylic acids is 2. The minimum absolute atomic E-state index is 0.0211. The number of fused-ring (bicyclic) bond motifs is 4. The molecular formula is C75H76N8O15Si2. The van der Waals surface area contributed by atoms with Crippen molar-refractivity contribution in [2.75, 3.05) is 95.1 Å². The van der Waals surface area contributed by atoms with E-state index in [-0.39, 0.29) is 73.2 Å². The quantitative estimate of drug-likeness (QED) is 0.0214. The number of hydrogen-bond acceptors (Lipinski definition) is 17. The number of benzene rings is 5. The first kappa shape index (κ1) is 68.2. The molecule has 7 heterocycles. The molecule has 0 radical (unpaired) electrons. The SMILES string of the molecule is C[Si]1(C)C2=CC(=[N+]3CCC3)C=CC2=C(c2cc(C(=O)NCCOCCOCCCc3ccc([N+](=O)[O-])cc3[N+](=O)[O-])ccc2C(=O)[O-])c2ccc(N3CCC3)cc21.C[Si]1(C)C2=CC(=[N+]3CCC3)C=CC2=C(c2cc(C(=O)ON3C(=O)CCC3=O)ccc2C(=O)[O-])c2ccc(N3CCC3)cc21.